The Morgan fingerprint density at radius 3 is 2.00 bits per heavy atom. The zero-order chi connectivity index (χ0) is 14.0. The summed E-state index contributed by atoms with van der Waals surface area (Å²) < 4.78 is 5.89. The molecule has 0 aromatic rings. The van der Waals surface area contributed by atoms with E-state index in [0.717, 1.165) is 24.4 Å². The van der Waals surface area contributed by atoms with Gasteiger partial charge >= 0.3 is 0 Å². The molecule has 0 bridgehead atoms. The van der Waals surface area contributed by atoms with Gasteiger partial charge in [-0.2, -0.15) is 0 Å². The quantitative estimate of drug-likeness (QED) is 0.419. The molecule has 18 heavy (non-hydrogen) atoms. The molecule has 0 N–H and O–H groups in total. The first-order valence-electron chi connectivity index (χ1n) is 7.84. The van der Waals surface area contributed by atoms with Crippen LogP contribution < -0.4 is 0 Å². The van der Waals surface area contributed by atoms with Gasteiger partial charge < -0.3 is 4.43 Å². The van der Waals surface area contributed by atoms with Crippen molar-refractivity contribution in [2.45, 2.75) is 67.2 Å². The third-order valence-corrected chi connectivity index (χ3v) is 5.41. The molecule has 0 fully saturated rings. The van der Waals surface area contributed by atoms with E-state index in [2.05, 4.69) is 47.2 Å². The van der Waals surface area contributed by atoms with Crippen molar-refractivity contribution in [3.8, 4) is 0 Å². The Hall–Kier alpha value is -0.0831. The average Bonchev–Trinajstić information content (AvgIpc) is 2.40. The summed E-state index contributed by atoms with van der Waals surface area (Å²) in [4.78, 5) is 0. The molecule has 0 aliphatic heterocycles. The van der Waals surface area contributed by atoms with E-state index in [1.54, 1.807) is 5.57 Å². The first-order chi connectivity index (χ1) is 8.56. The second kappa shape index (κ2) is 10.8. The number of rotatable bonds is 10. The van der Waals surface area contributed by atoms with Crippen LogP contribution in [-0.4, -0.2) is 16.4 Å². The molecular formula is C16H34OSi. The summed E-state index contributed by atoms with van der Waals surface area (Å²) >= 11 is 0. The van der Waals surface area contributed by atoms with Crippen molar-refractivity contribution < 1.29 is 4.43 Å². The van der Waals surface area contributed by atoms with Gasteiger partial charge in [-0.3, -0.25) is 0 Å². The zero-order valence-electron chi connectivity index (χ0n) is 13.5. The van der Waals surface area contributed by atoms with E-state index in [1.165, 1.54) is 25.7 Å². The second-order valence-corrected chi connectivity index (χ2v) is 6.85. The lowest BCUT2D eigenvalue weighted by Crippen LogP contribution is -2.10. The van der Waals surface area contributed by atoms with Crippen LogP contribution in [-0.2, 0) is 4.43 Å². The van der Waals surface area contributed by atoms with Crippen LogP contribution in [0.25, 0.3) is 0 Å². The summed E-state index contributed by atoms with van der Waals surface area (Å²) in [6.45, 7) is 14.8. The maximum Gasteiger partial charge on any atom is 0.185 e. The van der Waals surface area contributed by atoms with Gasteiger partial charge in [-0.25, -0.2) is 0 Å². The molecule has 1 nitrogen and oxygen atoms in total. The van der Waals surface area contributed by atoms with E-state index >= 15 is 0 Å². The van der Waals surface area contributed by atoms with Gasteiger partial charge in [0.15, 0.2) is 9.76 Å². The van der Waals surface area contributed by atoms with Crippen molar-refractivity contribution in [3.05, 3.63) is 11.3 Å². The van der Waals surface area contributed by atoms with Crippen LogP contribution in [0.1, 0.15) is 67.2 Å². The molecule has 0 aromatic heterocycles. The van der Waals surface area contributed by atoms with E-state index in [0.29, 0.717) is 0 Å². The van der Waals surface area contributed by atoms with E-state index in [1.807, 2.05) is 0 Å². The number of allylic oxidation sites excluding steroid dienone is 1. The minimum atomic E-state index is -0.453. The highest BCUT2D eigenvalue weighted by Crippen LogP contribution is 2.24. The predicted octanol–water partition coefficient (Wildman–Crippen LogP) is 4.50. The van der Waals surface area contributed by atoms with Crippen LogP contribution in [0.5, 0.6) is 0 Å². The Balaban J connectivity index is 4.08. The van der Waals surface area contributed by atoms with Gasteiger partial charge in [0.2, 0.25) is 0 Å². The van der Waals surface area contributed by atoms with Crippen LogP contribution in [0.15, 0.2) is 11.3 Å². The Kier molecular flexibility index (Phi) is 10.8. The van der Waals surface area contributed by atoms with Crippen molar-refractivity contribution in [1.82, 2.24) is 0 Å². The molecule has 2 heteroatoms. The summed E-state index contributed by atoms with van der Waals surface area (Å²) in [5, 5.41) is 0. The molecule has 0 spiro atoms. The van der Waals surface area contributed by atoms with Gasteiger partial charge in [-0.1, -0.05) is 59.2 Å². The van der Waals surface area contributed by atoms with Crippen LogP contribution in [0.3, 0.4) is 0 Å². The van der Waals surface area contributed by atoms with Gasteiger partial charge in [0.05, 0.1) is 0 Å². The normalized spacial score (nSPS) is 16.8. The lowest BCUT2D eigenvalue weighted by molar-refractivity contribution is 0.298. The van der Waals surface area contributed by atoms with Crippen molar-refractivity contribution in [2.24, 2.45) is 17.8 Å². The lowest BCUT2D eigenvalue weighted by Gasteiger charge is -2.20. The first-order valence-corrected chi connectivity index (χ1v) is 9.23. The van der Waals surface area contributed by atoms with Crippen molar-refractivity contribution in [1.29, 1.82) is 0 Å². The Labute approximate surface area is 117 Å². The number of hydrogen-bond donors (Lipinski definition) is 0. The minimum absolute atomic E-state index is 0.453. The van der Waals surface area contributed by atoms with Crippen molar-refractivity contribution in [3.63, 3.8) is 0 Å². The molecule has 3 atom stereocenters. The monoisotopic (exact) mass is 270 g/mol. The number of hydrogen-bond acceptors (Lipinski definition) is 1. The second-order valence-electron chi connectivity index (χ2n) is 5.70. The minimum Gasteiger partial charge on any atom is -0.419 e. The molecule has 0 saturated heterocycles. The largest absolute Gasteiger partial charge is 0.419 e. The highest BCUT2D eigenvalue weighted by Gasteiger charge is 2.12. The van der Waals surface area contributed by atoms with Gasteiger partial charge in [-0.05, 0) is 37.0 Å². The molecule has 0 saturated carbocycles. The fraction of sp³-hybridized carbons (Fsp3) is 0.875. The SMILES string of the molecule is CCC(C)CCO[SiH2]C=C(C(C)CC)C(C)CC. The maximum atomic E-state index is 5.89. The predicted molar refractivity (Wildman–Crippen MR) is 85.6 cm³/mol. The maximum absolute atomic E-state index is 5.89. The van der Waals surface area contributed by atoms with E-state index in [-0.39, 0.29) is 0 Å². The lowest BCUT2D eigenvalue weighted by atomic mass is 9.88. The Morgan fingerprint density at radius 2 is 1.56 bits per heavy atom. The average molecular weight is 271 g/mol. The zero-order valence-corrected chi connectivity index (χ0v) is 14.9. The Morgan fingerprint density at radius 1 is 1.00 bits per heavy atom. The third kappa shape index (κ3) is 7.37. The van der Waals surface area contributed by atoms with Crippen LogP contribution in [0, 0.1) is 17.8 Å². The molecule has 0 aliphatic carbocycles. The highest BCUT2D eigenvalue weighted by atomic mass is 28.2. The van der Waals surface area contributed by atoms with E-state index in [9.17, 15) is 0 Å². The molecular weight excluding hydrogens is 236 g/mol. The summed E-state index contributed by atoms with van der Waals surface area (Å²) in [5.74, 6) is 2.27. The van der Waals surface area contributed by atoms with E-state index in [4.69, 9.17) is 4.43 Å². The first kappa shape index (κ1) is 17.9. The molecule has 3 unspecified atom stereocenters. The van der Waals surface area contributed by atoms with Gasteiger partial charge in [-0.15, -0.1) is 0 Å². The molecule has 108 valence electrons. The fourth-order valence-electron chi connectivity index (χ4n) is 2.09. The molecule has 0 radical (unpaired) electrons. The van der Waals surface area contributed by atoms with Crippen LogP contribution in [0.4, 0.5) is 0 Å². The summed E-state index contributed by atoms with van der Waals surface area (Å²) in [5.41, 5.74) is 4.12. The van der Waals surface area contributed by atoms with Gasteiger partial charge in [0.1, 0.15) is 0 Å². The summed E-state index contributed by atoms with van der Waals surface area (Å²) in [6, 6.07) is 0. The summed E-state index contributed by atoms with van der Waals surface area (Å²) in [7, 11) is -0.453. The molecule has 0 rings (SSSR count). The van der Waals surface area contributed by atoms with Crippen molar-refractivity contribution >= 4 is 9.76 Å². The topological polar surface area (TPSA) is 9.23 Å². The van der Waals surface area contributed by atoms with Crippen LogP contribution >= 0.6 is 0 Å². The fourth-order valence-corrected chi connectivity index (χ4v) is 3.53. The Bertz CT molecular complexity index is 213. The van der Waals surface area contributed by atoms with Gasteiger partial charge in [0, 0.05) is 6.61 Å². The molecule has 0 aromatic carbocycles. The third-order valence-electron chi connectivity index (χ3n) is 4.25. The van der Waals surface area contributed by atoms with Crippen molar-refractivity contribution in [2.75, 3.05) is 6.61 Å². The van der Waals surface area contributed by atoms with Crippen LogP contribution in [0.2, 0.25) is 0 Å². The van der Waals surface area contributed by atoms with E-state index < -0.39 is 9.76 Å². The molecule has 0 heterocycles. The van der Waals surface area contributed by atoms with Gasteiger partial charge in [0.25, 0.3) is 0 Å². The molecule has 0 amide bonds. The highest BCUT2D eigenvalue weighted by molar-refractivity contribution is 6.34. The smallest absolute Gasteiger partial charge is 0.185 e. The summed E-state index contributed by atoms with van der Waals surface area (Å²) in [6.07, 6.45) is 4.99. The standard InChI is InChI=1S/C16H34OSi/c1-7-13(4)10-11-17-18-12-16(14(5)8-2)15(6)9-3/h12-15H,7-11,18H2,1-6H3. The molecule has 0 aliphatic rings.